The smallest absolute Gasteiger partial charge is 0.394 e. The van der Waals surface area contributed by atoms with Crippen LogP contribution in [0.15, 0.2) is 0 Å². The quantitative estimate of drug-likeness (QED) is 0.240. The molecule has 0 rings (SSSR count). The molecule has 0 spiro atoms. The molecule has 0 radical (unpaired) electrons. The van der Waals surface area contributed by atoms with Gasteiger partial charge in [0.25, 0.3) is 0 Å². The molecule has 0 aliphatic rings. The van der Waals surface area contributed by atoms with E-state index in [-0.39, 0.29) is 13.2 Å². The van der Waals surface area contributed by atoms with Crippen molar-refractivity contribution in [3.05, 3.63) is 0 Å². The van der Waals surface area contributed by atoms with Gasteiger partial charge in [-0.25, -0.2) is 0 Å². The molecule has 1 N–H and O–H groups in total. The molecule has 1 atom stereocenters. The first-order valence-electron chi connectivity index (χ1n) is 10.9. The highest BCUT2D eigenvalue weighted by atomic mass is 19.4. The Morgan fingerprint density at radius 1 is 0.741 bits per heavy atom. The molecule has 0 saturated heterocycles. The second-order valence-electron chi connectivity index (χ2n) is 7.40. The van der Waals surface area contributed by atoms with Crippen molar-refractivity contribution in [1.29, 1.82) is 0 Å². The van der Waals surface area contributed by atoms with Crippen LogP contribution in [0.25, 0.3) is 0 Å². The zero-order valence-corrected chi connectivity index (χ0v) is 17.2. The summed E-state index contributed by atoms with van der Waals surface area (Å²) in [6.07, 6.45) is 12.8. The topological polar surface area (TPSA) is 38.7 Å². The van der Waals surface area contributed by atoms with Crippen molar-refractivity contribution >= 4 is 0 Å². The summed E-state index contributed by atoms with van der Waals surface area (Å²) in [5, 5.41) is 9.08. The molecule has 0 amide bonds. The van der Waals surface area contributed by atoms with E-state index < -0.39 is 18.9 Å². The van der Waals surface area contributed by atoms with Crippen LogP contribution in [0.4, 0.5) is 13.2 Å². The second-order valence-corrected chi connectivity index (χ2v) is 7.40. The van der Waals surface area contributed by atoms with Crippen LogP contribution < -0.4 is 0 Å². The molecule has 1 unspecified atom stereocenters. The Morgan fingerprint density at radius 3 is 1.59 bits per heavy atom. The minimum atomic E-state index is -4.34. The number of hydrogen-bond acceptors (Lipinski definition) is 3. The third-order valence-electron chi connectivity index (χ3n) is 4.62. The van der Waals surface area contributed by atoms with Crippen LogP contribution in [0.5, 0.6) is 0 Å². The standard InChI is InChI=1S/C21H41F3O3/c1-2-3-4-5-6-7-8-9-10-11-12-13-14-15-16-27-20(17-25)18-26-19-21(22,23)24/h20,25H,2-19H2,1H3. The van der Waals surface area contributed by atoms with Crippen molar-refractivity contribution in [2.24, 2.45) is 0 Å². The number of rotatable bonds is 20. The Kier molecular flexibility index (Phi) is 18.8. The molecule has 6 heteroatoms. The fourth-order valence-corrected chi connectivity index (χ4v) is 3.01. The Labute approximate surface area is 164 Å². The minimum absolute atomic E-state index is 0.228. The van der Waals surface area contributed by atoms with Gasteiger partial charge in [0, 0.05) is 6.61 Å². The van der Waals surface area contributed by atoms with Crippen LogP contribution in [0.1, 0.15) is 96.8 Å². The van der Waals surface area contributed by atoms with Crippen molar-refractivity contribution in [2.45, 2.75) is 109 Å². The monoisotopic (exact) mass is 398 g/mol. The molecular formula is C21H41F3O3. The second kappa shape index (κ2) is 19.0. The molecule has 0 aromatic heterocycles. The predicted molar refractivity (Wildman–Crippen MR) is 104 cm³/mol. The molecule has 27 heavy (non-hydrogen) atoms. The Hall–Kier alpha value is -0.330. The van der Waals surface area contributed by atoms with Gasteiger partial charge in [-0.3, -0.25) is 0 Å². The van der Waals surface area contributed by atoms with Crippen LogP contribution >= 0.6 is 0 Å². The van der Waals surface area contributed by atoms with Gasteiger partial charge < -0.3 is 14.6 Å². The lowest BCUT2D eigenvalue weighted by molar-refractivity contribution is -0.182. The van der Waals surface area contributed by atoms with Gasteiger partial charge in [0.05, 0.1) is 13.2 Å². The van der Waals surface area contributed by atoms with Crippen molar-refractivity contribution < 1.29 is 27.8 Å². The van der Waals surface area contributed by atoms with E-state index in [2.05, 4.69) is 11.7 Å². The maximum absolute atomic E-state index is 12.0. The van der Waals surface area contributed by atoms with E-state index in [1.165, 1.54) is 70.6 Å². The summed E-state index contributed by atoms with van der Waals surface area (Å²) in [4.78, 5) is 0. The van der Waals surface area contributed by atoms with Gasteiger partial charge in [-0.15, -0.1) is 0 Å². The highest BCUT2D eigenvalue weighted by Gasteiger charge is 2.27. The van der Waals surface area contributed by atoms with Crippen LogP contribution in [-0.4, -0.2) is 43.8 Å². The first kappa shape index (κ1) is 26.7. The molecule has 0 saturated carbocycles. The van der Waals surface area contributed by atoms with E-state index in [1.807, 2.05) is 0 Å². The number of aliphatic hydroxyl groups excluding tert-OH is 1. The summed E-state index contributed by atoms with van der Waals surface area (Å²) in [6, 6.07) is 0. The Bertz CT molecular complexity index is 299. The van der Waals surface area contributed by atoms with Gasteiger partial charge in [-0.05, 0) is 6.42 Å². The van der Waals surface area contributed by atoms with Crippen molar-refractivity contribution in [2.75, 3.05) is 26.4 Å². The highest BCUT2D eigenvalue weighted by Crippen LogP contribution is 2.15. The van der Waals surface area contributed by atoms with Gasteiger partial charge in [0.15, 0.2) is 0 Å². The zero-order chi connectivity index (χ0) is 20.2. The molecule has 0 fully saturated rings. The number of aliphatic hydroxyl groups is 1. The van der Waals surface area contributed by atoms with E-state index in [4.69, 9.17) is 9.84 Å². The summed E-state index contributed by atoms with van der Waals surface area (Å²) >= 11 is 0. The minimum Gasteiger partial charge on any atom is -0.394 e. The van der Waals surface area contributed by atoms with Gasteiger partial charge in [-0.1, -0.05) is 90.4 Å². The lowest BCUT2D eigenvalue weighted by Gasteiger charge is -2.16. The number of halogens is 3. The predicted octanol–water partition coefficient (Wildman–Crippen LogP) is 6.42. The lowest BCUT2D eigenvalue weighted by atomic mass is 10.0. The average Bonchev–Trinajstić information content (AvgIpc) is 2.62. The first-order valence-corrected chi connectivity index (χ1v) is 10.9. The van der Waals surface area contributed by atoms with E-state index in [9.17, 15) is 13.2 Å². The van der Waals surface area contributed by atoms with Gasteiger partial charge in [0.2, 0.25) is 0 Å². The Balaban J connectivity index is 3.27. The van der Waals surface area contributed by atoms with Crippen molar-refractivity contribution in [1.82, 2.24) is 0 Å². The van der Waals surface area contributed by atoms with Gasteiger partial charge in [0.1, 0.15) is 12.7 Å². The van der Waals surface area contributed by atoms with Gasteiger partial charge >= 0.3 is 6.18 Å². The normalized spacial score (nSPS) is 13.2. The molecule has 3 nitrogen and oxygen atoms in total. The summed E-state index contributed by atoms with van der Waals surface area (Å²) in [5.41, 5.74) is 0. The zero-order valence-electron chi connectivity index (χ0n) is 17.2. The number of unbranched alkanes of at least 4 members (excludes halogenated alkanes) is 13. The molecule has 164 valence electrons. The van der Waals surface area contributed by atoms with Crippen LogP contribution in [-0.2, 0) is 9.47 Å². The maximum Gasteiger partial charge on any atom is 0.411 e. The van der Waals surface area contributed by atoms with E-state index in [1.54, 1.807) is 0 Å². The molecule has 0 aromatic rings. The fourth-order valence-electron chi connectivity index (χ4n) is 3.01. The molecule has 0 aliphatic carbocycles. The molecule has 0 aliphatic heterocycles. The van der Waals surface area contributed by atoms with E-state index in [0.717, 1.165) is 19.3 Å². The van der Waals surface area contributed by atoms with Crippen molar-refractivity contribution in [3.63, 3.8) is 0 Å². The third-order valence-corrected chi connectivity index (χ3v) is 4.62. The van der Waals surface area contributed by atoms with Crippen molar-refractivity contribution in [3.8, 4) is 0 Å². The molecule has 0 heterocycles. The van der Waals surface area contributed by atoms with Crippen LogP contribution in [0, 0.1) is 0 Å². The number of alkyl halides is 3. The van der Waals surface area contributed by atoms with Crippen LogP contribution in [0.3, 0.4) is 0 Å². The summed E-state index contributed by atoms with van der Waals surface area (Å²) in [5.74, 6) is 0. The number of ether oxygens (including phenoxy) is 2. The lowest BCUT2D eigenvalue weighted by Crippen LogP contribution is -2.27. The molecule has 0 aromatic carbocycles. The maximum atomic E-state index is 12.0. The molecular weight excluding hydrogens is 357 g/mol. The largest absolute Gasteiger partial charge is 0.411 e. The summed E-state index contributed by atoms with van der Waals surface area (Å²) in [7, 11) is 0. The fraction of sp³-hybridized carbons (Fsp3) is 1.00. The average molecular weight is 399 g/mol. The summed E-state index contributed by atoms with van der Waals surface area (Å²) in [6.45, 7) is 0.853. The Morgan fingerprint density at radius 2 is 1.19 bits per heavy atom. The first-order chi connectivity index (χ1) is 13.0. The summed E-state index contributed by atoms with van der Waals surface area (Å²) < 4.78 is 45.8. The number of hydrogen-bond donors (Lipinski definition) is 1. The van der Waals surface area contributed by atoms with Gasteiger partial charge in [-0.2, -0.15) is 13.2 Å². The SMILES string of the molecule is CCCCCCCCCCCCCCCCOC(CO)COCC(F)(F)F. The molecule has 0 bridgehead atoms. The third kappa shape index (κ3) is 21.8. The van der Waals surface area contributed by atoms with E-state index in [0.29, 0.717) is 6.61 Å². The highest BCUT2D eigenvalue weighted by molar-refractivity contribution is 4.56. The van der Waals surface area contributed by atoms with Crippen LogP contribution in [0.2, 0.25) is 0 Å². The van der Waals surface area contributed by atoms with E-state index >= 15 is 0 Å².